The minimum absolute atomic E-state index is 0.115. The maximum Gasteiger partial charge on any atom is 0.0924 e. The molecule has 2 rings (SSSR count). The molecule has 4 heteroatoms. The molecule has 0 aliphatic heterocycles. The average Bonchev–Trinajstić information content (AvgIpc) is 2.49. The highest BCUT2D eigenvalue weighted by Gasteiger charge is 2.04. The van der Waals surface area contributed by atoms with Crippen molar-refractivity contribution in [2.45, 2.75) is 6.42 Å². The summed E-state index contributed by atoms with van der Waals surface area (Å²) in [6.07, 6.45) is 0.580. The summed E-state index contributed by atoms with van der Waals surface area (Å²) < 4.78 is 0. The average molecular weight is 197 g/mol. The van der Waals surface area contributed by atoms with Gasteiger partial charge in [-0.3, -0.25) is 5.10 Å². The van der Waals surface area contributed by atoms with Crippen molar-refractivity contribution >= 4 is 22.5 Å². The monoisotopic (exact) mass is 196 g/mol. The number of aromatic nitrogens is 2. The van der Waals surface area contributed by atoms with Gasteiger partial charge in [-0.1, -0.05) is 11.6 Å². The molecule has 68 valence electrons. The molecular formula is C9H9ClN2O. The fraction of sp³-hybridized carbons (Fsp3) is 0.222. The topological polar surface area (TPSA) is 48.9 Å². The summed E-state index contributed by atoms with van der Waals surface area (Å²) in [5.74, 6) is 0. The summed E-state index contributed by atoms with van der Waals surface area (Å²) in [7, 11) is 0. The number of aliphatic hydroxyl groups is 1. The lowest BCUT2D eigenvalue weighted by Gasteiger charge is -1.94. The number of aliphatic hydroxyl groups excluding tert-OH is 1. The number of nitrogens with zero attached hydrogens (tertiary/aromatic N) is 1. The Balaban J connectivity index is 2.58. The molecule has 0 radical (unpaired) electrons. The van der Waals surface area contributed by atoms with Crippen molar-refractivity contribution in [1.29, 1.82) is 0 Å². The van der Waals surface area contributed by atoms with Crippen LogP contribution in [0, 0.1) is 0 Å². The van der Waals surface area contributed by atoms with E-state index in [2.05, 4.69) is 10.2 Å². The number of rotatable bonds is 2. The normalized spacial score (nSPS) is 10.9. The highest BCUT2D eigenvalue weighted by molar-refractivity contribution is 6.31. The van der Waals surface area contributed by atoms with Crippen LogP contribution in [-0.2, 0) is 6.42 Å². The molecular weight excluding hydrogens is 188 g/mol. The third-order valence-electron chi connectivity index (χ3n) is 1.96. The van der Waals surface area contributed by atoms with E-state index >= 15 is 0 Å². The second kappa shape index (κ2) is 3.36. The first-order valence-corrected chi connectivity index (χ1v) is 4.42. The fourth-order valence-corrected chi connectivity index (χ4v) is 1.51. The molecule has 1 aromatic carbocycles. The summed E-state index contributed by atoms with van der Waals surface area (Å²) in [6.45, 7) is 0.115. The van der Waals surface area contributed by atoms with E-state index < -0.39 is 0 Å². The summed E-state index contributed by atoms with van der Waals surface area (Å²) >= 11 is 5.84. The molecule has 0 saturated carbocycles. The van der Waals surface area contributed by atoms with Crippen LogP contribution in [0.2, 0.25) is 5.02 Å². The summed E-state index contributed by atoms with van der Waals surface area (Å²) in [4.78, 5) is 0. The van der Waals surface area contributed by atoms with Crippen molar-refractivity contribution in [2.75, 3.05) is 6.61 Å². The van der Waals surface area contributed by atoms with Gasteiger partial charge in [-0.25, -0.2) is 0 Å². The van der Waals surface area contributed by atoms with Crippen molar-refractivity contribution in [1.82, 2.24) is 10.2 Å². The molecule has 0 saturated heterocycles. The van der Waals surface area contributed by atoms with Gasteiger partial charge in [0.2, 0.25) is 0 Å². The lowest BCUT2D eigenvalue weighted by atomic mass is 10.2. The SMILES string of the molecule is OCCc1[nH]nc2ccc(Cl)cc12. The van der Waals surface area contributed by atoms with Crippen LogP contribution in [-0.4, -0.2) is 21.9 Å². The molecule has 0 spiro atoms. The van der Waals surface area contributed by atoms with Crippen LogP contribution in [0.4, 0.5) is 0 Å². The van der Waals surface area contributed by atoms with Crippen molar-refractivity contribution in [2.24, 2.45) is 0 Å². The first-order chi connectivity index (χ1) is 6.31. The van der Waals surface area contributed by atoms with E-state index in [0.29, 0.717) is 11.4 Å². The second-order valence-electron chi connectivity index (χ2n) is 2.84. The highest BCUT2D eigenvalue weighted by atomic mass is 35.5. The fourth-order valence-electron chi connectivity index (χ4n) is 1.34. The molecule has 0 fully saturated rings. The van der Waals surface area contributed by atoms with Crippen LogP contribution in [0.25, 0.3) is 10.9 Å². The zero-order valence-corrected chi connectivity index (χ0v) is 7.67. The first-order valence-electron chi connectivity index (χ1n) is 4.04. The zero-order chi connectivity index (χ0) is 9.26. The van der Waals surface area contributed by atoms with E-state index in [1.807, 2.05) is 12.1 Å². The quantitative estimate of drug-likeness (QED) is 0.769. The van der Waals surface area contributed by atoms with E-state index in [0.717, 1.165) is 16.6 Å². The molecule has 1 aromatic heterocycles. The maximum absolute atomic E-state index is 8.79. The molecule has 0 unspecified atom stereocenters. The minimum Gasteiger partial charge on any atom is -0.396 e. The number of fused-ring (bicyclic) bond motifs is 1. The van der Waals surface area contributed by atoms with Crippen LogP contribution >= 0.6 is 11.6 Å². The predicted octanol–water partition coefficient (Wildman–Crippen LogP) is 1.75. The van der Waals surface area contributed by atoms with Gasteiger partial charge in [0.05, 0.1) is 5.52 Å². The lowest BCUT2D eigenvalue weighted by Crippen LogP contribution is -1.90. The van der Waals surface area contributed by atoms with Crippen LogP contribution in [0.5, 0.6) is 0 Å². The molecule has 0 amide bonds. The Morgan fingerprint density at radius 1 is 1.46 bits per heavy atom. The Bertz CT molecular complexity index is 424. The molecule has 3 nitrogen and oxygen atoms in total. The van der Waals surface area contributed by atoms with Crippen molar-refractivity contribution in [3.8, 4) is 0 Å². The molecule has 2 N–H and O–H groups in total. The summed E-state index contributed by atoms with van der Waals surface area (Å²) in [6, 6.07) is 5.51. The van der Waals surface area contributed by atoms with E-state index in [9.17, 15) is 0 Å². The van der Waals surface area contributed by atoms with Gasteiger partial charge < -0.3 is 5.11 Å². The Kier molecular flexibility index (Phi) is 2.20. The van der Waals surface area contributed by atoms with E-state index in [-0.39, 0.29) is 6.61 Å². The summed E-state index contributed by atoms with van der Waals surface area (Å²) in [5, 5.41) is 17.4. The molecule has 2 aromatic rings. The number of nitrogens with one attached hydrogen (secondary N) is 1. The van der Waals surface area contributed by atoms with Crippen molar-refractivity contribution < 1.29 is 5.11 Å². The van der Waals surface area contributed by atoms with Crippen LogP contribution in [0.15, 0.2) is 18.2 Å². The maximum atomic E-state index is 8.79. The van der Waals surface area contributed by atoms with Gasteiger partial charge >= 0.3 is 0 Å². The standard InChI is InChI=1S/C9H9ClN2O/c10-6-1-2-8-7(5-6)9(3-4-13)12-11-8/h1-2,5,13H,3-4H2,(H,11,12). The minimum atomic E-state index is 0.115. The molecule has 13 heavy (non-hydrogen) atoms. The van der Waals surface area contributed by atoms with Crippen molar-refractivity contribution in [3.05, 3.63) is 28.9 Å². The Morgan fingerprint density at radius 2 is 2.31 bits per heavy atom. The molecule has 0 atom stereocenters. The van der Waals surface area contributed by atoms with Gasteiger partial charge in [0.15, 0.2) is 0 Å². The van der Waals surface area contributed by atoms with Crippen LogP contribution in [0.1, 0.15) is 5.69 Å². The number of H-pyrrole nitrogens is 1. The largest absolute Gasteiger partial charge is 0.396 e. The van der Waals surface area contributed by atoms with Gasteiger partial charge in [0.25, 0.3) is 0 Å². The third-order valence-corrected chi connectivity index (χ3v) is 2.19. The second-order valence-corrected chi connectivity index (χ2v) is 3.27. The number of halogens is 1. The molecule has 0 aliphatic carbocycles. The van der Waals surface area contributed by atoms with Gasteiger partial charge in [-0.15, -0.1) is 0 Å². The van der Waals surface area contributed by atoms with Crippen LogP contribution < -0.4 is 0 Å². The van der Waals surface area contributed by atoms with Crippen molar-refractivity contribution in [3.63, 3.8) is 0 Å². The Hall–Kier alpha value is -1.06. The first kappa shape index (κ1) is 8.53. The molecule has 0 aliphatic rings. The van der Waals surface area contributed by atoms with Crippen LogP contribution in [0.3, 0.4) is 0 Å². The number of hydrogen-bond acceptors (Lipinski definition) is 2. The Labute approximate surface area is 80.3 Å². The van der Waals surface area contributed by atoms with E-state index in [1.54, 1.807) is 6.07 Å². The Morgan fingerprint density at radius 3 is 3.08 bits per heavy atom. The van der Waals surface area contributed by atoms with E-state index in [4.69, 9.17) is 16.7 Å². The molecule has 0 bridgehead atoms. The predicted molar refractivity (Wildman–Crippen MR) is 51.9 cm³/mol. The van der Waals surface area contributed by atoms with Gasteiger partial charge in [-0.05, 0) is 18.2 Å². The van der Waals surface area contributed by atoms with E-state index in [1.165, 1.54) is 0 Å². The third kappa shape index (κ3) is 1.53. The lowest BCUT2D eigenvalue weighted by molar-refractivity contribution is 0.298. The smallest absolute Gasteiger partial charge is 0.0924 e. The highest BCUT2D eigenvalue weighted by Crippen LogP contribution is 2.20. The van der Waals surface area contributed by atoms with Gasteiger partial charge in [-0.2, -0.15) is 5.10 Å². The number of benzene rings is 1. The van der Waals surface area contributed by atoms with Gasteiger partial charge in [0, 0.05) is 29.1 Å². The summed E-state index contributed by atoms with van der Waals surface area (Å²) in [5.41, 5.74) is 1.81. The number of hydrogen-bond donors (Lipinski definition) is 2. The number of aromatic amines is 1. The van der Waals surface area contributed by atoms with Gasteiger partial charge in [0.1, 0.15) is 0 Å². The molecule has 1 heterocycles. The zero-order valence-electron chi connectivity index (χ0n) is 6.92.